The fourth-order valence-electron chi connectivity index (χ4n) is 2.69. The first-order chi connectivity index (χ1) is 12.4. The van der Waals surface area contributed by atoms with Gasteiger partial charge in [-0.3, -0.25) is 4.79 Å². The molecule has 2 aromatic rings. The van der Waals surface area contributed by atoms with E-state index >= 15 is 0 Å². The second-order valence-electron chi connectivity index (χ2n) is 5.94. The Morgan fingerprint density at radius 1 is 1.15 bits per heavy atom. The van der Waals surface area contributed by atoms with Crippen molar-refractivity contribution in [1.29, 1.82) is 0 Å². The number of rotatable bonds is 10. The van der Waals surface area contributed by atoms with Crippen LogP contribution in [-0.2, 0) is 25.8 Å². The van der Waals surface area contributed by atoms with E-state index in [2.05, 4.69) is 0 Å². The van der Waals surface area contributed by atoms with Crippen molar-refractivity contribution < 1.29 is 17.9 Å². The third kappa shape index (κ3) is 5.83. The Bertz CT molecular complexity index is 783. The van der Waals surface area contributed by atoms with Gasteiger partial charge in [-0.05, 0) is 55.3 Å². The highest BCUT2D eigenvalue weighted by atomic mass is 35.5. The van der Waals surface area contributed by atoms with Crippen LogP contribution in [0.1, 0.15) is 38.2 Å². The average molecular weight is 415 g/mol. The highest BCUT2D eigenvalue weighted by molar-refractivity contribution is 7.94. The molecule has 7 heteroatoms. The van der Waals surface area contributed by atoms with Crippen molar-refractivity contribution in [1.82, 2.24) is 0 Å². The van der Waals surface area contributed by atoms with Gasteiger partial charge in [0.2, 0.25) is 9.84 Å². The second kappa shape index (κ2) is 10.1. The van der Waals surface area contributed by atoms with Gasteiger partial charge in [0.05, 0.1) is 6.61 Å². The summed E-state index contributed by atoms with van der Waals surface area (Å²) in [5.74, 6) is -0.654. The highest BCUT2D eigenvalue weighted by Gasteiger charge is 2.35. The number of hydrogen-bond acceptors (Lipinski definition) is 5. The molecule has 26 heavy (non-hydrogen) atoms. The molecule has 0 aliphatic rings. The summed E-state index contributed by atoms with van der Waals surface area (Å²) in [6.07, 6.45) is 3.61. The Morgan fingerprint density at radius 3 is 2.50 bits per heavy atom. The van der Waals surface area contributed by atoms with Crippen molar-refractivity contribution >= 4 is 38.7 Å². The molecular weight excluding hydrogens is 392 g/mol. The highest BCUT2D eigenvalue weighted by Crippen LogP contribution is 2.25. The number of benzene rings is 1. The molecule has 1 heterocycles. The first-order valence-electron chi connectivity index (χ1n) is 8.63. The zero-order chi connectivity index (χ0) is 19.0. The molecule has 0 bridgehead atoms. The maximum atomic E-state index is 12.7. The molecule has 0 aliphatic carbocycles. The molecule has 4 nitrogen and oxygen atoms in total. The van der Waals surface area contributed by atoms with Gasteiger partial charge < -0.3 is 4.74 Å². The van der Waals surface area contributed by atoms with E-state index in [1.807, 2.05) is 24.3 Å². The lowest BCUT2D eigenvalue weighted by atomic mass is 10.1. The number of carbonyl (C=O) groups excluding carboxylic acids is 1. The number of unbranched alkanes of at least 4 members (excludes halogenated alkanes) is 2. The Labute approximate surface area is 164 Å². The van der Waals surface area contributed by atoms with Crippen molar-refractivity contribution in [2.24, 2.45) is 0 Å². The zero-order valence-electron chi connectivity index (χ0n) is 14.7. The van der Waals surface area contributed by atoms with Gasteiger partial charge >= 0.3 is 5.97 Å². The summed E-state index contributed by atoms with van der Waals surface area (Å²) in [5.41, 5.74) is 1.20. The number of carbonyl (C=O) groups is 1. The fraction of sp³-hybridized carbons (Fsp3) is 0.421. The molecule has 0 saturated carbocycles. The summed E-state index contributed by atoms with van der Waals surface area (Å²) in [4.78, 5) is 12.2. The molecule has 1 aromatic heterocycles. The molecule has 0 N–H and O–H groups in total. The summed E-state index contributed by atoms with van der Waals surface area (Å²) in [5, 5.41) is 1.28. The summed E-state index contributed by atoms with van der Waals surface area (Å²) in [6, 6.07) is 10.9. The number of thiophene rings is 1. The van der Waals surface area contributed by atoms with Crippen molar-refractivity contribution in [3.05, 3.63) is 52.4 Å². The molecule has 1 atom stereocenters. The molecular formula is C19H23ClO4S2. The van der Waals surface area contributed by atoms with Crippen molar-refractivity contribution in [3.63, 3.8) is 0 Å². The standard InChI is InChI=1S/C19H23ClO4S2/c1-2-24-19(21)17(26(22,23)18-9-6-14-25-18)8-5-3-4-7-15-10-12-16(20)13-11-15/h6,9-14,17H,2-5,7-8H2,1H3. The minimum absolute atomic E-state index is 0.172. The summed E-state index contributed by atoms with van der Waals surface area (Å²) >= 11 is 7.00. The van der Waals surface area contributed by atoms with Crippen LogP contribution in [-0.4, -0.2) is 26.2 Å². The molecule has 0 aliphatic heterocycles. The number of sulfone groups is 1. The number of ether oxygens (including phenoxy) is 1. The lowest BCUT2D eigenvalue weighted by molar-refractivity contribution is -0.142. The van der Waals surface area contributed by atoms with Crippen LogP contribution in [0, 0.1) is 0 Å². The predicted molar refractivity (Wildman–Crippen MR) is 106 cm³/mol. The largest absolute Gasteiger partial charge is 0.465 e. The zero-order valence-corrected chi connectivity index (χ0v) is 17.1. The minimum atomic E-state index is -3.69. The third-order valence-electron chi connectivity index (χ3n) is 4.04. The summed E-state index contributed by atoms with van der Waals surface area (Å²) in [7, 11) is -3.69. The number of esters is 1. The number of halogens is 1. The average Bonchev–Trinajstić information content (AvgIpc) is 3.15. The van der Waals surface area contributed by atoms with Crippen molar-refractivity contribution in [3.8, 4) is 0 Å². The molecule has 0 amide bonds. The summed E-state index contributed by atoms with van der Waals surface area (Å²) in [6.45, 7) is 1.85. The van der Waals surface area contributed by atoms with Crippen LogP contribution in [0.3, 0.4) is 0 Å². The van der Waals surface area contributed by atoms with Gasteiger partial charge in [0.25, 0.3) is 0 Å². The van der Waals surface area contributed by atoms with Crippen molar-refractivity contribution in [2.75, 3.05) is 6.61 Å². The van der Waals surface area contributed by atoms with Gasteiger partial charge in [0.15, 0.2) is 5.25 Å². The minimum Gasteiger partial charge on any atom is -0.465 e. The lowest BCUT2D eigenvalue weighted by Crippen LogP contribution is -2.32. The van der Waals surface area contributed by atoms with Crippen LogP contribution < -0.4 is 0 Å². The Balaban J connectivity index is 1.91. The SMILES string of the molecule is CCOC(=O)C(CCCCCc1ccc(Cl)cc1)S(=O)(=O)c1cccs1. The van der Waals surface area contributed by atoms with E-state index in [0.29, 0.717) is 11.4 Å². The third-order valence-corrected chi connectivity index (χ3v) is 7.82. The van der Waals surface area contributed by atoms with Crippen LogP contribution in [0.15, 0.2) is 46.0 Å². The van der Waals surface area contributed by atoms with E-state index in [-0.39, 0.29) is 17.2 Å². The van der Waals surface area contributed by atoms with Crippen LogP contribution in [0.4, 0.5) is 0 Å². The molecule has 0 spiro atoms. The maximum absolute atomic E-state index is 12.7. The van der Waals surface area contributed by atoms with Gasteiger partial charge in [-0.2, -0.15) is 0 Å². The van der Waals surface area contributed by atoms with Crippen molar-refractivity contribution in [2.45, 2.75) is 48.5 Å². The Kier molecular flexibility index (Phi) is 8.13. The molecule has 1 unspecified atom stereocenters. The van der Waals surface area contributed by atoms with Gasteiger partial charge in [-0.1, -0.05) is 42.6 Å². The second-order valence-corrected chi connectivity index (χ2v) is 9.69. The molecule has 142 valence electrons. The topological polar surface area (TPSA) is 60.4 Å². The molecule has 1 aromatic carbocycles. The van der Waals surface area contributed by atoms with Gasteiger partial charge in [-0.15, -0.1) is 11.3 Å². The Hall–Kier alpha value is -1.37. The smallest absolute Gasteiger partial charge is 0.324 e. The number of hydrogen-bond donors (Lipinski definition) is 0. The first-order valence-corrected chi connectivity index (χ1v) is 11.4. The normalized spacial score (nSPS) is 12.7. The van der Waals surface area contributed by atoms with E-state index in [9.17, 15) is 13.2 Å². The fourth-order valence-corrected chi connectivity index (χ4v) is 5.66. The molecule has 0 saturated heterocycles. The van der Waals surface area contributed by atoms with E-state index < -0.39 is 21.1 Å². The van der Waals surface area contributed by atoms with Gasteiger partial charge in [0, 0.05) is 5.02 Å². The van der Waals surface area contributed by atoms with Crippen LogP contribution >= 0.6 is 22.9 Å². The van der Waals surface area contributed by atoms with Crippen LogP contribution in [0.5, 0.6) is 0 Å². The van der Waals surface area contributed by atoms with E-state index in [0.717, 1.165) is 30.6 Å². The van der Waals surface area contributed by atoms with E-state index in [1.54, 1.807) is 18.4 Å². The monoisotopic (exact) mass is 414 g/mol. The molecule has 2 rings (SSSR count). The first kappa shape index (κ1) is 20.9. The van der Waals surface area contributed by atoms with Gasteiger partial charge in [-0.25, -0.2) is 8.42 Å². The van der Waals surface area contributed by atoms with Gasteiger partial charge in [0.1, 0.15) is 4.21 Å². The Morgan fingerprint density at radius 2 is 1.88 bits per heavy atom. The lowest BCUT2D eigenvalue weighted by Gasteiger charge is -2.15. The van der Waals surface area contributed by atoms with Crippen LogP contribution in [0.25, 0.3) is 0 Å². The van der Waals surface area contributed by atoms with E-state index in [4.69, 9.17) is 16.3 Å². The molecule has 0 fully saturated rings. The maximum Gasteiger partial charge on any atom is 0.324 e. The van der Waals surface area contributed by atoms with Crippen LogP contribution in [0.2, 0.25) is 5.02 Å². The quantitative estimate of drug-likeness (QED) is 0.409. The van der Waals surface area contributed by atoms with E-state index in [1.165, 1.54) is 11.6 Å². The summed E-state index contributed by atoms with van der Waals surface area (Å²) < 4.78 is 30.7. The predicted octanol–water partition coefficient (Wildman–Crippen LogP) is 4.91. The number of aryl methyl sites for hydroxylation is 1. The molecule has 0 radical (unpaired) electrons.